The van der Waals surface area contributed by atoms with Crippen LogP contribution in [0.4, 0.5) is 0 Å². The monoisotopic (exact) mass is 181 g/mol. The maximum absolute atomic E-state index is 3.73. The molecule has 0 bridgehead atoms. The lowest BCUT2D eigenvalue weighted by molar-refractivity contribution is 0.307. The fraction of sp³-hybridized carbons (Fsp3) is 0.833. The Morgan fingerprint density at radius 1 is 1.31 bits per heavy atom. The van der Waals surface area contributed by atoms with Gasteiger partial charge in [-0.05, 0) is 51.0 Å². The number of allylic oxidation sites excluding steroid dienone is 1. The smallest absolute Gasteiger partial charge is 0.00672 e. The van der Waals surface area contributed by atoms with Crippen LogP contribution in [-0.2, 0) is 0 Å². The van der Waals surface area contributed by atoms with Crippen LogP contribution < -0.4 is 5.32 Å². The molecule has 0 amide bonds. The fourth-order valence-electron chi connectivity index (χ4n) is 2.02. The zero-order chi connectivity index (χ0) is 9.52. The van der Waals surface area contributed by atoms with Gasteiger partial charge in [-0.25, -0.2) is 0 Å². The highest BCUT2D eigenvalue weighted by molar-refractivity contribution is 4.75. The van der Waals surface area contributed by atoms with E-state index in [9.17, 15) is 0 Å². The number of hydrogen-bond acceptors (Lipinski definition) is 1. The first-order valence-electron chi connectivity index (χ1n) is 5.67. The Labute approximate surface area is 82.6 Å². The van der Waals surface area contributed by atoms with Crippen molar-refractivity contribution >= 4 is 0 Å². The summed E-state index contributed by atoms with van der Waals surface area (Å²) in [4.78, 5) is 0. The molecule has 1 nitrogen and oxygen atoms in total. The molecule has 1 heteroatoms. The van der Waals surface area contributed by atoms with Gasteiger partial charge >= 0.3 is 0 Å². The second-order valence-electron chi connectivity index (χ2n) is 4.34. The van der Waals surface area contributed by atoms with Crippen molar-refractivity contribution < 1.29 is 0 Å². The molecule has 0 atom stereocenters. The maximum Gasteiger partial charge on any atom is 0.00672 e. The Morgan fingerprint density at radius 2 is 2.00 bits per heavy atom. The van der Waals surface area contributed by atoms with Crippen LogP contribution >= 0.6 is 0 Å². The van der Waals surface area contributed by atoms with Gasteiger partial charge in [0.15, 0.2) is 0 Å². The molecule has 13 heavy (non-hydrogen) atoms. The van der Waals surface area contributed by atoms with Crippen molar-refractivity contribution in [2.75, 3.05) is 6.54 Å². The molecular formula is C12H23N. The number of rotatable bonds is 5. The first-order valence-corrected chi connectivity index (χ1v) is 5.67. The van der Waals surface area contributed by atoms with E-state index in [1.54, 1.807) is 0 Å². The molecule has 76 valence electrons. The highest BCUT2D eigenvalue weighted by atomic mass is 14.9. The van der Waals surface area contributed by atoms with E-state index < -0.39 is 0 Å². The average Bonchev–Trinajstić information content (AvgIpc) is 2.15. The summed E-state index contributed by atoms with van der Waals surface area (Å²) in [5.41, 5.74) is 0. The van der Waals surface area contributed by atoms with Crippen LogP contribution in [0.2, 0.25) is 0 Å². The largest absolute Gasteiger partial charge is 0.314 e. The quantitative estimate of drug-likeness (QED) is 0.507. The number of hydrogen-bond donors (Lipinski definition) is 1. The minimum Gasteiger partial charge on any atom is -0.314 e. The summed E-state index contributed by atoms with van der Waals surface area (Å²) in [5, 5.41) is 3.63. The Morgan fingerprint density at radius 3 is 2.62 bits per heavy atom. The minimum atomic E-state index is 0.806. The third kappa shape index (κ3) is 4.47. The number of nitrogens with one attached hydrogen (secondary N) is 1. The van der Waals surface area contributed by atoms with E-state index >= 15 is 0 Å². The van der Waals surface area contributed by atoms with E-state index in [0.29, 0.717) is 0 Å². The number of unbranched alkanes of at least 4 members (excludes halogenated alkanes) is 1. The van der Waals surface area contributed by atoms with Gasteiger partial charge in [-0.1, -0.05) is 13.0 Å². The summed E-state index contributed by atoms with van der Waals surface area (Å²) < 4.78 is 0. The molecular weight excluding hydrogens is 158 g/mol. The normalized spacial score (nSPS) is 28.7. The van der Waals surface area contributed by atoms with E-state index in [-0.39, 0.29) is 0 Å². The van der Waals surface area contributed by atoms with E-state index in [1.165, 1.54) is 38.6 Å². The van der Waals surface area contributed by atoms with E-state index in [4.69, 9.17) is 0 Å². The Kier molecular flexibility index (Phi) is 5.14. The van der Waals surface area contributed by atoms with Crippen LogP contribution in [-0.4, -0.2) is 12.6 Å². The van der Waals surface area contributed by atoms with E-state index in [1.807, 2.05) is 6.08 Å². The van der Waals surface area contributed by atoms with Gasteiger partial charge in [0.1, 0.15) is 0 Å². The van der Waals surface area contributed by atoms with Crippen LogP contribution in [0, 0.1) is 5.92 Å². The van der Waals surface area contributed by atoms with E-state index in [0.717, 1.165) is 18.4 Å². The third-order valence-corrected chi connectivity index (χ3v) is 3.03. The molecule has 0 aromatic rings. The first kappa shape index (κ1) is 10.8. The van der Waals surface area contributed by atoms with Crippen molar-refractivity contribution in [3.8, 4) is 0 Å². The second kappa shape index (κ2) is 6.20. The van der Waals surface area contributed by atoms with Gasteiger partial charge in [-0.2, -0.15) is 0 Å². The van der Waals surface area contributed by atoms with Crippen molar-refractivity contribution in [1.82, 2.24) is 5.32 Å². The topological polar surface area (TPSA) is 12.0 Å². The van der Waals surface area contributed by atoms with Crippen LogP contribution in [0.1, 0.15) is 45.4 Å². The molecule has 0 aliphatic heterocycles. The molecule has 1 fully saturated rings. The molecule has 0 saturated heterocycles. The van der Waals surface area contributed by atoms with Crippen molar-refractivity contribution in [3.05, 3.63) is 12.7 Å². The molecule has 1 rings (SSSR count). The van der Waals surface area contributed by atoms with Gasteiger partial charge in [-0.15, -0.1) is 6.58 Å². The molecule has 0 aromatic carbocycles. The summed E-state index contributed by atoms with van der Waals surface area (Å²) in [7, 11) is 0. The molecule has 0 radical (unpaired) electrons. The Hall–Kier alpha value is -0.300. The summed E-state index contributed by atoms with van der Waals surface area (Å²) in [6, 6.07) is 0.806. The van der Waals surface area contributed by atoms with Gasteiger partial charge in [0.2, 0.25) is 0 Å². The summed E-state index contributed by atoms with van der Waals surface area (Å²) in [5.74, 6) is 0.964. The highest BCUT2D eigenvalue weighted by Gasteiger charge is 2.16. The molecule has 1 saturated carbocycles. The standard InChI is InChI=1S/C12H23N/c1-3-4-5-10-13-12-8-6-11(2)7-9-12/h3,11-13H,1,4-10H2,2H3. The molecule has 0 heterocycles. The van der Waals surface area contributed by atoms with Crippen LogP contribution in [0.15, 0.2) is 12.7 Å². The maximum atomic E-state index is 3.73. The zero-order valence-corrected chi connectivity index (χ0v) is 8.89. The second-order valence-corrected chi connectivity index (χ2v) is 4.34. The first-order chi connectivity index (χ1) is 6.33. The molecule has 1 aliphatic carbocycles. The lowest BCUT2D eigenvalue weighted by atomic mass is 9.87. The van der Waals surface area contributed by atoms with Crippen LogP contribution in [0.25, 0.3) is 0 Å². The molecule has 0 aromatic heterocycles. The van der Waals surface area contributed by atoms with Crippen molar-refractivity contribution in [3.63, 3.8) is 0 Å². The van der Waals surface area contributed by atoms with E-state index in [2.05, 4.69) is 18.8 Å². The predicted octanol–water partition coefficient (Wildman–Crippen LogP) is 3.12. The van der Waals surface area contributed by atoms with Gasteiger partial charge in [0.05, 0.1) is 0 Å². The zero-order valence-electron chi connectivity index (χ0n) is 8.89. The molecule has 0 unspecified atom stereocenters. The van der Waals surface area contributed by atoms with Gasteiger partial charge in [0.25, 0.3) is 0 Å². The van der Waals surface area contributed by atoms with Crippen molar-refractivity contribution in [2.24, 2.45) is 5.92 Å². The molecule has 1 aliphatic rings. The lowest BCUT2D eigenvalue weighted by Crippen LogP contribution is -2.33. The van der Waals surface area contributed by atoms with Crippen molar-refractivity contribution in [1.29, 1.82) is 0 Å². The molecule has 1 N–H and O–H groups in total. The predicted molar refractivity (Wildman–Crippen MR) is 58.9 cm³/mol. The van der Waals surface area contributed by atoms with Gasteiger partial charge in [0, 0.05) is 6.04 Å². The van der Waals surface area contributed by atoms with Crippen molar-refractivity contribution in [2.45, 2.75) is 51.5 Å². The van der Waals surface area contributed by atoms with Crippen LogP contribution in [0.5, 0.6) is 0 Å². The summed E-state index contributed by atoms with van der Waals surface area (Å²) in [6.07, 6.45) is 10.00. The minimum absolute atomic E-state index is 0.806. The van der Waals surface area contributed by atoms with Crippen LogP contribution in [0.3, 0.4) is 0 Å². The van der Waals surface area contributed by atoms with Gasteiger partial charge < -0.3 is 5.32 Å². The summed E-state index contributed by atoms with van der Waals surface area (Å²) in [6.45, 7) is 7.27. The lowest BCUT2D eigenvalue weighted by Gasteiger charge is -2.26. The molecule has 0 spiro atoms. The SMILES string of the molecule is C=CCCCNC1CCC(C)CC1. The Balaban J connectivity index is 1.99. The third-order valence-electron chi connectivity index (χ3n) is 3.03. The van der Waals surface area contributed by atoms with Gasteiger partial charge in [-0.3, -0.25) is 0 Å². The fourth-order valence-corrected chi connectivity index (χ4v) is 2.02. The summed E-state index contributed by atoms with van der Waals surface area (Å²) >= 11 is 0. The average molecular weight is 181 g/mol. The Bertz CT molecular complexity index is 134. The highest BCUT2D eigenvalue weighted by Crippen LogP contribution is 2.23.